The number of carboxylic acid groups (broad SMARTS) is 1. The molecular weight excluding hydrogens is 244 g/mol. The first kappa shape index (κ1) is 16.0. The lowest BCUT2D eigenvalue weighted by Crippen LogP contribution is -2.54. The Hall–Kier alpha value is -1.10. The van der Waals surface area contributed by atoms with Gasteiger partial charge in [0.1, 0.15) is 6.04 Å². The first-order valence-electron chi connectivity index (χ1n) is 7.06. The Morgan fingerprint density at radius 3 is 2.26 bits per heavy atom. The van der Waals surface area contributed by atoms with Gasteiger partial charge < -0.3 is 16.2 Å². The molecule has 1 aliphatic rings. The van der Waals surface area contributed by atoms with Crippen LogP contribution in [0.1, 0.15) is 46.5 Å². The molecule has 0 aliphatic heterocycles. The van der Waals surface area contributed by atoms with Gasteiger partial charge in [0.25, 0.3) is 0 Å². The van der Waals surface area contributed by atoms with E-state index in [1.165, 1.54) is 0 Å². The second-order valence-electron chi connectivity index (χ2n) is 6.20. The molecule has 0 radical (unpaired) electrons. The number of amides is 1. The number of carboxylic acids is 1. The van der Waals surface area contributed by atoms with Gasteiger partial charge in [-0.2, -0.15) is 0 Å². The van der Waals surface area contributed by atoms with E-state index in [4.69, 9.17) is 10.8 Å². The summed E-state index contributed by atoms with van der Waals surface area (Å²) in [5, 5.41) is 11.8. The van der Waals surface area contributed by atoms with E-state index in [-0.39, 0.29) is 18.4 Å². The summed E-state index contributed by atoms with van der Waals surface area (Å²) in [4.78, 5) is 23.6. The maximum absolute atomic E-state index is 12.4. The summed E-state index contributed by atoms with van der Waals surface area (Å²) in [7, 11) is 0. The van der Waals surface area contributed by atoms with Crippen molar-refractivity contribution in [3.63, 3.8) is 0 Å². The van der Waals surface area contributed by atoms with Gasteiger partial charge in [0, 0.05) is 6.54 Å². The largest absolute Gasteiger partial charge is 0.480 e. The van der Waals surface area contributed by atoms with E-state index in [1.54, 1.807) is 13.8 Å². The van der Waals surface area contributed by atoms with Gasteiger partial charge in [0.2, 0.25) is 5.91 Å². The van der Waals surface area contributed by atoms with E-state index in [0.717, 1.165) is 25.7 Å². The van der Waals surface area contributed by atoms with Gasteiger partial charge in [-0.25, -0.2) is 4.79 Å². The van der Waals surface area contributed by atoms with Crippen molar-refractivity contribution >= 4 is 11.9 Å². The molecule has 5 nitrogen and oxygen atoms in total. The Kier molecular flexibility index (Phi) is 5.35. The lowest BCUT2D eigenvalue weighted by molar-refractivity contribution is -0.145. The molecule has 1 fully saturated rings. The molecule has 1 atom stereocenters. The van der Waals surface area contributed by atoms with E-state index in [1.807, 2.05) is 0 Å². The van der Waals surface area contributed by atoms with Crippen LogP contribution in [0, 0.1) is 17.3 Å². The van der Waals surface area contributed by atoms with Crippen LogP contribution in [0.4, 0.5) is 0 Å². The summed E-state index contributed by atoms with van der Waals surface area (Å²) in [6, 6.07) is -0.838. The van der Waals surface area contributed by atoms with E-state index in [0.29, 0.717) is 5.92 Å². The predicted octanol–water partition coefficient (Wildman–Crippen LogP) is 1.37. The van der Waals surface area contributed by atoms with Crippen molar-refractivity contribution in [2.24, 2.45) is 23.0 Å². The van der Waals surface area contributed by atoms with Crippen LogP contribution in [0.2, 0.25) is 0 Å². The number of carbonyl (C=O) groups excluding carboxylic acids is 1. The third kappa shape index (κ3) is 3.69. The maximum atomic E-state index is 12.4. The van der Waals surface area contributed by atoms with Crippen molar-refractivity contribution in [2.45, 2.75) is 52.5 Å². The predicted molar refractivity (Wildman–Crippen MR) is 73.5 cm³/mol. The smallest absolute Gasteiger partial charge is 0.326 e. The van der Waals surface area contributed by atoms with Crippen LogP contribution in [0.3, 0.4) is 0 Å². The van der Waals surface area contributed by atoms with Gasteiger partial charge in [0.05, 0.1) is 5.41 Å². The molecule has 1 saturated carbocycles. The van der Waals surface area contributed by atoms with Gasteiger partial charge in [-0.3, -0.25) is 4.79 Å². The molecule has 0 bridgehead atoms. The quantitative estimate of drug-likeness (QED) is 0.703. The fraction of sp³-hybridized carbons (Fsp3) is 0.857. The lowest BCUT2D eigenvalue weighted by Gasteiger charge is -2.38. The molecule has 5 heteroatoms. The Morgan fingerprint density at radius 1 is 1.37 bits per heavy atom. The molecule has 0 heterocycles. The van der Waals surface area contributed by atoms with Gasteiger partial charge in [0.15, 0.2) is 0 Å². The standard InChI is InChI=1S/C14H26N2O3/c1-9(2)11(12(17)18)16-13(19)14(8-15)6-4-10(3)5-7-14/h9-11H,4-8,15H2,1-3H3,(H,16,19)(H,17,18)/t10?,11-,14?/m0/s1. The van der Waals surface area contributed by atoms with Crippen molar-refractivity contribution in [3.05, 3.63) is 0 Å². The summed E-state index contributed by atoms with van der Waals surface area (Å²) in [6.07, 6.45) is 3.45. The highest BCUT2D eigenvalue weighted by Crippen LogP contribution is 2.38. The molecule has 1 rings (SSSR count). The van der Waals surface area contributed by atoms with E-state index in [2.05, 4.69) is 12.2 Å². The van der Waals surface area contributed by atoms with Gasteiger partial charge >= 0.3 is 5.97 Å². The van der Waals surface area contributed by atoms with Gasteiger partial charge in [-0.1, -0.05) is 20.8 Å². The van der Waals surface area contributed by atoms with Crippen molar-refractivity contribution < 1.29 is 14.7 Å². The second-order valence-corrected chi connectivity index (χ2v) is 6.20. The zero-order valence-corrected chi connectivity index (χ0v) is 12.1. The van der Waals surface area contributed by atoms with Gasteiger partial charge in [-0.15, -0.1) is 0 Å². The molecule has 0 aromatic carbocycles. The molecule has 19 heavy (non-hydrogen) atoms. The summed E-state index contributed by atoms with van der Waals surface area (Å²) in [5.41, 5.74) is 5.23. The highest BCUT2D eigenvalue weighted by atomic mass is 16.4. The van der Waals surface area contributed by atoms with Crippen molar-refractivity contribution in [3.8, 4) is 0 Å². The summed E-state index contributed by atoms with van der Waals surface area (Å²) < 4.78 is 0. The van der Waals surface area contributed by atoms with Crippen molar-refractivity contribution in [2.75, 3.05) is 6.54 Å². The Balaban J connectivity index is 2.76. The third-order valence-electron chi connectivity index (χ3n) is 4.32. The lowest BCUT2D eigenvalue weighted by atomic mass is 9.70. The minimum absolute atomic E-state index is 0.140. The Morgan fingerprint density at radius 2 is 1.89 bits per heavy atom. The fourth-order valence-corrected chi connectivity index (χ4v) is 2.65. The first-order valence-corrected chi connectivity index (χ1v) is 7.06. The molecule has 1 amide bonds. The monoisotopic (exact) mass is 270 g/mol. The molecule has 0 aromatic heterocycles. The number of nitrogens with one attached hydrogen (secondary N) is 1. The molecule has 0 spiro atoms. The zero-order valence-electron chi connectivity index (χ0n) is 12.1. The average molecular weight is 270 g/mol. The topological polar surface area (TPSA) is 92.4 Å². The van der Waals surface area contributed by atoms with E-state index in [9.17, 15) is 9.59 Å². The summed E-state index contributed by atoms with van der Waals surface area (Å²) in [5.74, 6) is -0.700. The third-order valence-corrected chi connectivity index (χ3v) is 4.32. The van der Waals surface area contributed by atoms with Crippen LogP contribution in [0.5, 0.6) is 0 Å². The maximum Gasteiger partial charge on any atom is 0.326 e. The van der Waals surface area contributed by atoms with Crippen molar-refractivity contribution in [1.82, 2.24) is 5.32 Å². The molecule has 1 aliphatic carbocycles. The number of aliphatic carboxylic acids is 1. The SMILES string of the molecule is CC1CCC(CN)(C(=O)N[C@H](C(=O)O)C(C)C)CC1. The highest BCUT2D eigenvalue weighted by molar-refractivity contribution is 5.87. The molecule has 110 valence electrons. The summed E-state index contributed by atoms with van der Waals surface area (Å²) >= 11 is 0. The van der Waals surface area contributed by atoms with E-state index < -0.39 is 17.4 Å². The number of hydrogen-bond acceptors (Lipinski definition) is 3. The number of nitrogens with two attached hydrogens (primary N) is 1. The number of carbonyl (C=O) groups is 2. The second kappa shape index (κ2) is 6.37. The first-order chi connectivity index (χ1) is 8.82. The Bertz CT molecular complexity index is 334. The van der Waals surface area contributed by atoms with Crippen molar-refractivity contribution in [1.29, 1.82) is 0 Å². The van der Waals surface area contributed by atoms with Crippen LogP contribution in [-0.2, 0) is 9.59 Å². The molecule has 0 unspecified atom stereocenters. The fourth-order valence-electron chi connectivity index (χ4n) is 2.65. The average Bonchev–Trinajstić information content (AvgIpc) is 2.36. The van der Waals surface area contributed by atoms with Crippen LogP contribution < -0.4 is 11.1 Å². The molecule has 0 saturated heterocycles. The molecule has 0 aromatic rings. The van der Waals surface area contributed by atoms with Crippen LogP contribution in [0.15, 0.2) is 0 Å². The molecular formula is C14H26N2O3. The zero-order chi connectivity index (χ0) is 14.6. The minimum atomic E-state index is -0.986. The summed E-state index contributed by atoms with van der Waals surface area (Å²) in [6.45, 7) is 6.04. The number of hydrogen-bond donors (Lipinski definition) is 3. The van der Waals surface area contributed by atoms with Crippen LogP contribution in [0.25, 0.3) is 0 Å². The Labute approximate surface area is 114 Å². The van der Waals surface area contributed by atoms with Crippen LogP contribution >= 0.6 is 0 Å². The van der Waals surface area contributed by atoms with Gasteiger partial charge in [-0.05, 0) is 37.5 Å². The minimum Gasteiger partial charge on any atom is -0.480 e. The van der Waals surface area contributed by atoms with Crippen LogP contribution in [-0.4, -0.2) is 29.6 Å². The number of rotatable bonds is 5. The normalized spacial score (nSPS) is 29.0. The molecule has 4 N–H and O–H groups in total. The highest BCUT2D eigenvalue weighted by Gasteiger charge is 2.41. The van der Waals surface area contributed by atoms with E-state index >= 15 is 0 Å².